The van der Waals surface area contributed by atoms with Crippen LogP contribution in [0, 0.1) is 0 Å². The van der Waals surface area contributed by atoms with Gasteiger partial charge in [-0.25, -0.2) is 8.42 Å². The molecule has 1 aromatic heterocycles. The lowest BCUT2D eigenvalue weighted by molar-refractivity contribution is -0.116. The van der Waals surface area contributed by atoms with Crippen LogP contribution in [-0.4, -0.2) is 42.6 Å². The van der Waals surface area contributed by atoms with E-state index in [1.165, 1.54) is 18.3 Å². The van der Waals surface area contributed by atoms with Crippen LogP contribution in [-0.2, 0) is 14.8 Å². The fourth-order valence-electron chi connectivity index (χ4n) is 2.11. The van der Waals surface area contributed by atoms with E-state index in [1.54, 1.807) is 36.0 Å². The van der Waals surface area contributed by atoms with Gasteiger partial charge in [0.25, 0.3) is 0 Å². The molecule has 1 N–H and O–H groups in total. The third-order valence-corrected chi connectivity index (χ3v) is 6.91. The molecule has 0 radical (unpaired) electrons. The van der Waals surface area contributed by atoms with E-state index in [2.05, 4.69) is 22.4 Å². The van der Waals surface area contributed by atoms with Crippen LogP contribution in [0.3, 0.4) is 0 Å². The van der Waals surface area contributed by atoms with Crippen molar-refractivity contribution in [3.8, 4) is 0 Å². The topological polar surface area (TPSA) is 92.3 Å². The lowest BCUT2D eigenvalue weighted by Crippen LogP contribution is -2.45. The molecular formula is C15H19ClN4O3S3. The molecule has 0 aliphatic heterocycles. The molecule has 0 saturated carbocycles. The predicted octanol–water partition coefficient (Wildman–Crippen LogP) is 3.49. The number of carbonyl (C=O) groups excluding carboxylic acids is 1. The molecule has 1 amide bonds. The second kappa shape index (κ2) is 9.03. The lowest BCUT2D eigenvalue weighted by atomic mass is 10.2. The zero-order chi connectivity index (χ0) is 19.3. The average Bonchev–Trinajstić information content (AvgIpc) is 3.01. The number of hydrogen-bond acceptors (Lipinski definition) is 7. The highest BCUT2D eigenvalue weighted by Gasteiger charge is 2.29. The first-order chi connectivity index (χ1) is 12.2. The SMILES string of the molecule is CCCSc1nnc(NC(=O)[C@H](C)N(c2ccc(Cl)cc2)S(C)(=O)=O)s1. The van der Waals surface area contributed by atoms with Crippen molar-refractivity contribution in [3.63, 3.8) is 0 Å². The van der Waals surface area contributed by atoms with Crippen LogP contribution in [0.25, 0.3) is 0 Å². The van der Waals surface area contributed by atoms with Gasteiger partial charge < -0.3 is 0 Å². The summed E-state index contributed by atoms with van der Waals surface area (Å²) in [4.78, 5) is 12.6. The normalized spacial score (nSPS) is 12.6. The highest BCUT2D eigenvalue weighted by atomic mass is 35.5. The third kappa shape index (κ3) is 5.57. The van der Waals surface area contributed by atoms with E-state index in [0.717, 1.165) is 27.1 Å². The molecule has 0 unspecified atom stereocenters. The number of halogens is 1. The fourth-order valence-corrected chi connectivity index (χ4v) is 5.10. The molecule has 2 aromatic rings. The lowest BCUT2D eigenvalue weighted by Gasteiger charge is -2.27. The highest BCUT2D eigenvalue weighted by Crippen LogP contribution is 2.27. The summed E-state index contributed by atoms with van der Waals surface area (Å²) in [5.74, 6) is 0.422. The smallest absolute Gasteiger partial charge is 0.249 e. The van der Waals surface area contributed by atoms with Gasteiger partial charge in [-0.2, -0.15) is 0 Å². The summed E-state index contributed by atoms with van der Waals surface area (Å²) >= 11 is 8.67. The molecule has 2 rings (SSSR count). The Labute approximate surface area is 166 Å². The second-order valence-electron chi connectivity index (χ2n) is 5.42. The number of nitrogens with one attached hydrogen (secondary N) is 1. The molecule has 26 heavy (non-hydrogen) atoms. The Hall–Kier alpha value is -1.36. The van der Waals surface area contributed by atoms with Gasteiger partial charge in [0.2, 0.25) is 21.1 Å². The number of sulfonamides is 1. The number of carbonyl (C=O) groups is 1. The van der Waals surface area contributed by atoms with Crippen molar-refractivity contribution < 1.29 is 13.2 Å². The van der Waals surface area contributed by atoms with Crippen molar-refractivity contribution >= 4 is 61.4 Å². The van der Waals surface area contributed by atoms with Crippen molar-refractivity contribution in [2.24, 2.45) is 0 Å². The maximum Gasteiger partial charge on any atom is 0.249 e. The van der Waals surface area contributed by atoms with E-state index in [4.69, 9.17) is 11.6 Å². The molecule has 11 heteroatoms. The van der Waals surface area contributed by atoms with Gasteiger partial charge in [-0.05, 0) is 37.6 Å². The number of thioether (sulfide) groups is 1. The van der Waals surface area contributed by atoms with Gasteiger partial charge in [-0.1, -0.05) is 41.6 Å². The Kier molecular flexibility index (Phi) is 7.27. The van der Waals surface area contributed by atoms with Crippen molar-refractivity contribution in [1.29, 1.82) is 0 Å². The third-order valence-electron chi connectivity index (χ3n) is 3.24. The molecule has 1 atom stereocenters. The molecular weight excluding hydrogens is 416 g/mol. The Morgan fingerprint density at radius 3 is 2.58 bits per heavy atom. The summed E-state index contributed by atoms with van der Waals surface area (Å²) in [6.45, 7) is 3.58. The summed E-state index contributed by atoms with van der Waals surface area (Å²) in [7, 11) is -3.68. The summed E-state index contributed by atoms with van der Waals surface area (Å²) in [6.07, 6.45) is 2.06. The van der Waals surface area contributed by atoms with E-state index in [1.807, 2.05) is 0 Å². The molecule has 0 aliphatic carbocycles. The van der Waals surface area contributed by atoms with E-state index in [-0.39, 0.29) is 0 Å². The van der Waals surface area contributed by atoms with Crippen LogP contribution in [0.15, 0.2) is 28.6 Å². The van der Waals surface area contributed by atoms with Gasteiger partial charge in [0.15, 0.2) is 4.34 Å². The molecule has 1 aromatic carbocycles. The average molecular weight is 435 g/mol. The van der Waals surface area contributed by atoms with Gasteiger partial charge in [0.1, 0.15) is 6.04 Å². The summed E-state index contributed by atoms with van der Waals surface area (Å²) in [5, 5.41) is 11.4. The number of anilines is 2. The van der Waals surface area contributed by atoms with Gasteiger partial charge in [0.05, 0.1) is 11.9 Å². The van der Waals surface area contributed by atoms with Crippen LogP contribution in [0.4, 0.5) is 10.8 Å². The number of nitrogens with zero attached hydrogens (tertiary/aromatic N) is 3. The Morgan fingerprint density at radius 1 is 1.35 bits per heavy atom. The van der Waals surface area contributed by atoms with Gasteiger partial charge in [-0.15, -0.1) is 10.2 Å². The van der Waals surface area contributed by atoms with Crippen LogP contribution >= 0.6 is 34.7 Å². The van der Waals surface area contributed by atoms with Crippen molar-refractivity contribution in [1.82, 2.24) is 10.2 Å². The molecule has 7 nitrogen and oxygen atoms in total. The standard InChI is InChI=1S/C15H19ClN4O3S3/c1-4-9-24-15-19-18-14(25-15)17-13(21)10(2)20(26(3,22)23)12-7-5-11(16)6-8-12/h5-8,10H,4,9H2,1-3H3,(H,17,18,21)/t10-/m0/s1. The molecule has 142 valence electrons. The molecule has 1 heterocycles. The first-order valence-corrected chi connectivity index (χ1v) is 11.8. The molecule has 0 spiro atoms. The minimum Gasteiger partial charge on any atom is -0.299 e. The maximum atomic E-state index is 12.6. The predicted molar refractivity (Wildman–Crippen MR) is 108 cm³/mol. The zero-order valence-corrected chi connectivity index (χ0v) is 17.7. The second-order valence-corrected chi connectivity index (χ2v) is 10.0. The zero-order valence-electron chi connectivity index (χ0n) is 14.5. The summed E-state index contributed by atoms with van der Waals surface area (Å²) < 4.78 is 26.2. The summed E-state index contributed by atoms with van der Waals surface area (Å²) in [6, 6.07) is 5.28. The monoisotopic (exact) mass is 434 g/mol. The molecule has 0 bridgehead atoms. The van der Waals surface area contributed by atoms with E-state index < -0.39 is 22.0 Å². The Balaban J connectivity index is 2.17. The molecule has 0 aliphatic rings. The Bertz CT molecular complexity index is 855. The van der Waals surface area contributed by atoms with E-state index in [9.17, 15) is 13.2 Å². The number of rotatable bonds is 8. The fraction of sp³-hybridized carbons (Fsp3) is 0.400. The van der Waals surface area contributed by atoms with Crippen LogP contribution in [0.2, 0.25) is 5.02 Å². The van der Waals surface area contributed by atoms with E-state index in [0.29, 0.717) is 15.8 Å². The van der Waals surface area contributed by atoms with Crippen molar-refractivity contribution in [2.45, 2.75) is 30.6 Å². The van der Waals surface area contributed by atoms with Crippen molar-refractivity contribution in [3.05, 3.63) is 29.3 Å². The number of hydrogen-bond donors (Lipinski definition) is 1. The number of amides is 1. The van der Waals surface area contributed by atoms with Crippen LogP contribution in [0.1, 0.15) is 20.3 Å². The van der Waals surface area contributed by atoms with Gasteiger partial charge in [-0.3, -0.25) is 14.4 Å². The minimum absolute atomic E-state index is 0.338. The van der Waals surface area contributed by atoms with Gasteiger partial charge in [0, 0.05) is 10.8 Å². The Morgan fingerprint density at radius 2 is 2.00 bits per heavy atom. The quantitative estimate of drug-likeness (QED) is 0.505. The molecule has 0 fully saturated rings. The number of aromatic nitrogens is 2. The maximum absolute atomic E-state index is 12.6. The largest absolute Gasteiger partial charge is 0.299 e. The molecule has 0 saturated heterocycles. The summed E-state index contributed by atoms with van der Waals surface area (Å²) in [5.41, 5.74) is 0.357. The first-order valence-electron chi connectivity index (χ1n) is 7.74. The van der Waals surface area contributed by atoms with E-state index >= 15 is 0 Å². The van der Waals surface area contributed by atoms with Crippen molar-refractivity contribution in [2.75, 3.05) is 21.6 Å². The minimum atomic E-state index is -3.68. The number of benzene rings is 1. The van der Waals surface area contributed by atoms with Crippen LogP contribution < -0.4 is 9.62 Å². The highest BCUT2D eigenvalue weighted by molar-refractivity contribution is 8.01. The first kappa shape index (κ1) is 20.9. The van der Waals surface area contributed by atoms with Gasteiger partial charge >= 0.3 is 0 Å². The van der Waals surface area contributed by atoms with Crippen LogP contribution in [0.5, 0.6) is 0 Å².